The lowest BCUT2D eigenvalue weighted by Crippen LogP contribution is -2.81. The highest BCUT2D eigenvalue weighted by molar-refractivity contribution is 6.43. The van der Waals surface area contributed by atoms with Crippen molar-refractivity contribution < 1.29 is 64.0 Å². The van der Waals surface area contributed by atoms with Crippen molar-refractivity contribution in [3.8, 4) is 5.75 Å². The van der Waals surface area contributed by atoms with Gasteiger partial charge in [0.05, 0.1) is 18.6 Å². The molecule has 20 heteroatoms. The molecule has 2 heterocycles. The fraction of sp³-hybridized carbons (Fsp3) is 0.423. The summed E-state index contributed by atoms with van der Waals surface area (Å²) in [6.07, 6.45) is -0.739. The predicted octanol–water partition coefficient (Wildman–Crippen LogP) is -7.46. The van der Waals surface area contributed by atoms with Crippen LogP contribution in [0.15, 0.2) is 36.4 Å². The summed E-state index contributed by atoms with van der Waals surface area (Å²) in [6.45, 7) is 0.923. The smallest absolute Gasteiger partial charge is 0.285 e. The minimum atomic E-state index is -4.38. The van der Waals surface area contributed by atoms with Crippen LogP contribution in [0.5, 0.6) is 5.75 Å². The van der Waals surface area contributed by atoms with Gasteiger partial charge in [-0.3, -0.25) is 14.4 Å². The van der Waals surface area contributed by atoms with Crippen molar-refractivity contribution in [1.29, 1.82) is 0 Å². The molecule has 2 amide bonds. The number of hydrogen-bond acceptors (Lipinski definition) is 13. The van der Waals surface area contributed by atoms with Gasteiger partial charge in [0.1, 0.15) is 27.3 Å². The van der Waals surface area contributed by atoms with Crippen LogP contribution < -0.4 is 10.1 Å². The highest BCUT2D eigenvalue weighted by atomic mass is 19.1. The summed E-state index contributed by atoms with van der Waals surface area (Å²) in [5.41, 5.74) is -4.29. The zero-order valence-corrected chi connectivity index (χ0v) is 25.8. The number of nitrogens with zero attached hydrogens (tertiary/aromatic N) is 2. The molecule has 2 aliphatic heterocycles. The summed E-state index contributed by atoms with van der Waals surface area (Å²) in [5, 5.41) is 73.3. The quantitative estimate of drug-likeness (QED) is 0.0685. The molecule has 244 valence electrons. The largest absolute Gasteiger partial charge is 0.501 e. The summed E-state index contributed by atoms with van der Waals surface area (Å²) >= 11 is 0. The SMILES string of the molecule is BC(B)(Oc1cccc2c1C(B)(B)N(C(O)(C(=O)NC)C(O)(O)C(O)(O)C=O)C2=O)c1ccc(C(O)(O)N2CCOCC2)cc1F. The first-order valence-corrected chi connectivity index (χ1v) is 14.2. The molecule has 1 saturated heterocycles. The summed E-state index contributed by atoms with van der Waals surface area (Å²) in [6, 6.07) is 7.61. The number of fused-ring (bicyclic) bond motifs is 1. The Morgan fingerprint density at radius 2 is 1.67 bits per heavy atom. The Morgan fingerprint density at radius 3 is 2.22 bits per heavy atom. The van der Waals surface area contributed by atoms with Crippen LogP contribution in [0.25, 0.3) is 0 Å². The molecule has 0 radical (unpaired) electrons. The van der Waals surface area contributed by atoms with Crippen LogP contribution in [0.1, 0.15) is 27.0 Å². The molecule has 0 spiro atoms. The number of nitrogens with one attached hydrogen (secondary N) is 1. The Morgan fingerprint density at radius 1 is 1.07 bits per heavy atom. The third kappa shape index (κ3) is 5.32. The zero-order chi connectivity index (χ0) is 34.7. The first-order valence-electron chi connectivity index (χ1n) is 14.2. The van der Waals surface area contributed by atoms with Gasteiger partial charge in [-0.25, -0.2) is 9.29 Å². The molecule has 2 aromatic rings. The van der Waals surface area contributed by atoms with E-state index < -0.39 is 57.9 Å². The van der Waals surface area contributed by atoms with Gasteiger partial charge in [-0.15, -0.1) is 0 Å². The number of rotatable bonds is 10. The predicted molar refractivity (Wildman–Crippen MR) is 165 cm³/mol. The molecule has 1 unspecified atom stereocenters. The minimum absolute atomic E-state index is 0.0205. The van der Waals surface area contributed by atoms with E-state index >= 15 is 4.39 Å². The molecule has 1 fully saturated rings. The Balaban J connectivity index is 1.77. The molecule has 8 N–H and O–H groups in total. The molecular weight excluding hydrogens is 609 g/mol. The van der Waals surface area contributed by atoms with Gasteiger partial charge in [0.15, 0.2) is 22.0 Å². The van der Waals surface area contributed by atoms with Gasteiger partial charge >= 0.3 is 0 Å². The molecule has 1 atom stereocenters. The van der Waals surface area contributed by atoms with Crippen molar-refractivity contribution in [3.63, 3.8) is 0 Å². The number of amides is 2. The van der Waals surface area contributed by atoms with E-state index in [0.29, 0.717) is 0 Å². The number of aliphatic hydroxyl groups is 7. The summed E-state index contributed by atoms with van der Waals surface area (Å²) in [4.78, 5) is 39.8. The monoisotopic (exact) mass is 643 g/mol. The molecule has 15 nitrogen and oxygen atoms in total. The first-order chi connectivity index (χ1) is 21.1. The minimum Gasteiger partial charge on any atom is -0.501 e. The second kappa shape index (κ2) is 11.7. The number of likely N-dealkylation sites (N-methyl/N-ethyl adjacent to an activating group) is 1. The van der Waals surface area contributed by atoms with E-state index in [-0.39, 0.29) is 59.2 Å². The van der Waals surface area contributed by atoms with Crippen molar-refractivity contribution in [2.75, 3.05) is 33.4 Å². The number of aldehydes is 1. The number of carbonyl (C=O) groups is 3. The number of morpholine rings is 1. The van der Waals surface area contributed by atoms with E-state index in [0.717, 1.165) is 13.1 Å². The van der Waals surface area contributed by atoms with Gasteiger partial charge in [-0.2, -0.15) is 0 Å². The van der Waals surface area contributed by atoms with Gasteiger partial charge in [0.25, 0.3) is 35.0 Å². The van der Waals surface area contributed by atoms with Crippen LogP contribution in [-0.2, 0) is 31.0 Å². The maximum Gasteiger partial charge on any atom is 0.285 e. The first kappa shape index (κ1) is 35.5. The molecule has 46 heavy (non-hydrogen) atoms. The fourth-order valence-corrected chi connectivity index (χ4v) is 5.99. The molecule has 4 rings (SSSR count). The van der Waals surface area contributed by atoms with E-state index in [2.05, 4.69) is 0 Å². The molecule has 0 saturated carbocycles. The summed E-state index contributed by atoms with van der Waals surface area (Å²) in [5.74, 6) is -14.8. The lowest BCUT2D eigenvalue weighted by atomic mass is 9.56. The Kier molecular flexibility index (Phi) is 9.06. The topological polar surface area (TPSA) is 230 Å². The third-order valence-electron chi connectivity index (χ3n) is 8.48. The van der Waals surface area contributed by atoms with E-state index in [4.69, 9.17) is 9.47 Å². The van der Waals surface area contributed by atoms with Crippen LogP contribution in [-0.4, -0.2) is 146 Å². The Hall–Kier alpha value is -3.32. The van der Waals surface area contributed by atoms with Crippen LogP contribution in [0.2, 0.25) is 0 Å². The van der Waals surface area contributed by atoms with Gasteiger partial charge in [-0.1, -0.05) is 18.2 Å². The Labute approximate surface area is 266 Å². The van der Waals surface area contributed by atoms with Crippen LogP contribution in [0.4, 0.5) is 4.39 Å². The van der Waals surface area contributed by atoms with Crippen molar-refractivity contribution in [2.45, 2.75) is 33.9 Å². The van der Waals surface area contributed by atoms with E-state index in [1.165, 1.54) is 66.6 Å². The summed E-state index contributed by atoms with van der Waals surface area (Å²) in [7, 11) is 6.49. The third-order valence-corrected chi connectivity index (χ3v) is 8.48. The number of carbonyl (C=O) groups excluding carboxylic acids is 3. The number of benzene rings is 2. The maximum absolute atomic E-state index is 15.6. The van der Waals surface area contributed by atoms with Crippen molar-refractivity contribution in [1.82, 2.24) is 15.1 Å². The molecule has 2 aliphatic rings. The van der Waals surface area contributed by atoms with Gasteiger partial charge in [-0.05, 0) is 18.2 Å². The van der Waals surface area contributed by atoms with Gasteiger partial charge < -0.3 is 55.4 Å². The molecule has 0 aromatic heterocycles. The van der Waals surface area contributed by atoms with Crippen molar-refractivity contribution >= 4 is 49.5 Å². The Bertz CT molecular complexity index is 1550. The molecule has 0 bridgehead atoms. The second-order valence-electron chi connectivity index (χ2n) is 12.2. The van der Waals surface area contributed by atoms with E-state index in [9.17, 15) is 50.1 Å². The van der Waals surface area contributed by atoms with Crippen LogP contribution in [0, 0.1) is 5.82 Å². The van der Waals surface area contributed by atoms with Crippen LogP contribution in [0.3, 0.4) is 0 Å². The highest BCUT2D eigenvalue weighted by Crippen LogP contribution is 2.48. The standard InChI is InChI=1S/C26H34B4FN3O12/c1-32-20(37)22(40,26(43,44)21(38,39)12-35)34-19(36)14-3-2-4-17(18(14)23(34,27)28)46-24(29,30)15-6-5-13(11-16(15)31)25(41,42)33-7-9-45-10-8-33/h2-6,11-12,38-44H,7-10,27-30H2,1H3,(H,32,37). The average molecular weight is 643 g/mol. The molecular formula is C26H34B4FN3O12. The lowest BCUT2D eigenvalue weighted by Gasteiger charge is -2.51. The lowest BCUT2D eigenvalue weighted by molar-refractivity contribution is -0.400. The second-order valence-corrected chi connectivity index (χ2v) is 12.2. The zero-order valence-electron chi connectivity index (χ0n) is 25.8. The van der Waals surface area contributed by atoms with Crippen molar-refractivity contribution in [2.24, 2.45) is 0 Å². The van der Waals surface area contributed by atoms with Gasteiger partial charge in [0.2, 0.25) is 0 Å². The van der Waals surface area contributed by atoms with E-state index in [1.807, 2.05) is 5.32 Å². The van der Waals surface area contributed by atoms with Crippen LogP contribution >= 0.6 is 0 Å². The maximum atomic E-state index is 15.6. The normalized spacial score (nSPS) is 18.9. The van der Waals surface area contributed by atoms with Crippen molar-refractivity contribution in [3.05, 3.63) is 64.5 Å². The van der Waals surface area contributed by atoms with Gasteiger partial charge in [0, 0.05) is 47.7 Å². The molecule has 2 aromatic carbocycles. The number of halogens is 1. The highest BCUT2D eigenvalue weighted by Gasteiger charge is 2.73. The average Bonchev–Trinajstić information content (AvgIpc) is 3.21. The number of ether oxygens (including phenoxy) is 2. The number of hydrogen-bond donors (Lipinski definition) is 8. The summed E-state index contributed by atoms with van der Waals surface area (Å²) < 4.78 is 27.1. The fourth-order valence-electron chi connectivity index (χ4n) is 5.99. The molecule has 0 aliphatic carbocycles. The van der Waals surface area contributed by atoms with E-state index in [1.54, 1.807) is 0 Å².